The van der Waals surface area contributed by atoms with E-state index in [9.17, 15) is 0 Å². The van der Waals surface area contributed by atoms with E-state index in [1.807, 2.05) is 7.05 Å². The lowest BCUT2D eigenvalue weighted by Crippen LogP contribution is -2.39. The summed E-state index contributed by atoms with van der Waals surface area (Å²) >= 11 is 0. The second kappa shape index (κ2) is 18.5. The number of unbranched alkanes of at least 4 members (excludes halogenated alkanes) is 1. The lowest BCUT2D eigenvalue weighted by atomic mass is 9.77. The largest absolute Gasteiger partial charge is 0.493 e. The molecule has 3 rings (SSSR count). The van der Waals surface area contributed by atoms with Gasteiger partial charge in [-0.3, -0.25) is 0 Å². The molecular formula is C35H49BN2O3. The summed E-state index contributed by atoms with van der Waals surface area (Å²) in [7, 11) is 3.72. The maximum Gasteiger partial charge on any atom is 0.493 e. The molecule has 6 heteroatoms. The van der Waals surface area contributed by atoms with E-state index in [-0.39, 0.29) is 7.12 Å². The van der Waals surface area contributed by atoms with Crippen molar-refractivity contribution in [3.05, 3.63) is 95.6 Å². The van der Waals surface area contributed by atoms with Crippen molar-refractivity contribution < 1.29 is 14.0 Å². The van der Waals surface area contributed by atoms with Crippen LogP contribution < -0.4 is 15.5 Å². The zero-order valence-corrected chi connectivity index (χ0v) is 25.8. The van der Waals surface area contributed by atoms with Gasteiger partial charge in [-0.1, -0.05) is 93.9 Å². The molecule has 3 aromatic carbocycles. The molecule has 0 fully saturated rings. The van der Waals surface area contributed by atoms with Crippen molar-refractivity contribution in [1.29, 1.82) is 0 Å². The monoisotopic (exact) mass is 556 g/mol. The number of nitrogens with zero attached hydrogens (tertiary/aromatic N) is 1. The standard InChI is InChI=1S/C35H49BN2O3/c1-6-9-24-38(5)25-28-41-36(40-26-7-2)32-19-15-30(16-20-32)35(34(8-3)29-13-11-10-12-14-29)31-17-21-33(22-18-31)39-27-23-37-4/h10-22,37H,6-9,23-28H2,1-5H3. The van der Waals surface area contributed by atoms with Crippen molar-refractivity contribution in [1.82, 2.24) is 10.2 Å². The van der Waals surface area contributed by atoms with Gasteiger partial charge in [0.15, 0.2) is 0 Å². The van der Waals surface area contributed by atoms with Gasteiger partial charge in [-0.15, -0.1) is 0 Å². The Hall–Kier alpha value is -2.90. The number of hydrogen-bond acceptors (Lipinski definition) is 5. The third-order valence-electron chi connectivity index (χ3n) is 7.12. The summed E-state index contributed by atoms with van der Waals surface area (Å²) in [6.45, 7) is 11.3. The summed E-state index contributed by atoms with van der Waals surface area (Å²) in [4.78, 5) is 2.33. The Morgan fingerprint density at radius 1 is 0.732 bits per heavy atom. The van der Waals surface area contributed by atoms with Crippen LogP contribution >= 0.6 is 0 Å². The first-order valence-electron chi connectivity index (χ1n) is 15.3. The number of ether oxygens (including phenoxy) is 1. The first-order valence-corrected chi connectivity index (χ1v) is 15.3. The molecule has 0 unspecified atom stereocenters. The lowest BCUT2D eigenvalue weighted by molar-refractivity contribution is 0.181. The van der Waals surface area contributed by atoms with Crippen LogP contribution in [0.5, 0.6) is 5.75 Å². The van der Waals surface area contributed by atoms with Gasteiger partial charge in [0.2, 0.25) is 0 Å². The summed E-state index contributed by atoms with van der Waals surface area (Å²) in [6, 6.07) is 27.9. The smallest absolute Gasteiger partial charge is 0.492 e. The first-order chi connectivity index (χ1) is 20.1. The SMILES string of the molecule is CCCCN(C)CCOB(OCCC)c1ccc(C(=C(CC)c2ccccc2)c2ccc(OCCNC)cc2)cc1. The highest BCUT2D eigenvalue weighted by Crippen LogP contribution is 2.34. The number of benzene rings is 3. The Morgan fingerprint density at radius 2 is 1.39 bits per heavy atom. The fourth-order valence-corrected chi connectivity index (χ4v) is 4.80. The molecule has 1 N–H and O–H groups in total. The van der Waals surface area contributed by atoms with E-state index in [0.717, 1.165) is 43.7 Å². The van der Waals surface area contributed by atoms with Crippen molar-refractivity contribution in [3.63, 3.8) is 0 Å². The molecular weight excluding hydrogens is 507 g/mol. The Morgan fingerprint density at radius 3 is 2.00 bits per heavy atom. The topological polar surface area (TPSA) is 43.0 Å². The summed E-state index contributed by atoms with van der Waals surface area (Å²) in [5, 5.41) is 3.12. The van der Waals surface area contributed by atoms with Crippen molar-refractivity contribution in [2.45, 2.75) is 46.5 Å². The Balaban J connectivity index is 1.90. The minimum absolute atomic E-state index is 0.371. The van der Waals surface area contributed by atoms with Gasteiger partial charge in [-0.25, -0.2) is 0 Å². The molecule has 0 aliphatic rings. The molecule has 0 atom stereocenters. The maximum absolute atomic E-state index is 6.26. The van der Waals surface area contributed by atoms with Gasteiger partial charge < -0.3 is 24.3 Å². The van der Waals surface area contributed by atoms with Gasteiger partial charge in [0, 0.05) is 26.3 Å². The minimum atomic E-state index is -0.371. The number of allylic oxidation sites excluding steroid dienone is 1. The van der Waals surface area contributed by atoms with Crippen LogP contribution in [0, 0.1) is 0 Å². The van der Waals surface area contributed by atoms with Crippen LogP contribution in [0.1, 0.15) is 63.1 Å². The van der Waals surface area contributed by atoms with Gasteiger partial charge in [-0.05, 0) is 85.3 Å². The third kappa shape index (κ3) is 10.5. The van der Waals surface area contributed by atoms with E-state index in [0.29, 0.717) is 19.8 Å². The number of rotatable bonds is 19. The normalized spacial score (nSPS) is 12.0. The molecule has 0 saturated heterocycles. The average molecular weight is 557 g/mol. The van der Waals surface area contributed by atoms with Crippen LogP contribution in [-0.4, -0.2) is 65.6 Å². The van der Waals surface area contributed by atoms with Crippen LogP contribution in [0.2, 0.25) is 0 Å². The Bertz CT molecular complexity index is 1150. The average Bonchev–Trinajstić information content (AvgIpc) is 3.01. The molecule has 0 amide bonds. The molecule has 220 valence electrons. The molecule has 0 bridgehead atoms. The fraction of sp³-hybridized carbons (Fsp3) is 0.429. The molecule has 0 radical (unpaired) electrons. The number of hydrogen-bond donors (Lipinski definition) is 1. The van der Waals surface area contributed by atoms with Crippen molar-refractivity contribution in [2.75, 3.05) is 53.6 Å². The molecule has 0 saturated carbocycles. The molecule has 41 heavy (non-hydrogen) atoms. The van der Waals surface area contributed by atoms with Gasteiger partial charge in [0.25, 0.3) is 0 Å². The summed E-state index contributed by atoms with van der Waals surface area (Å²) in [6.07, 6.45) is 4.28. The highest BCUT2D eigenvalue weighted by Gasteiger charge is 2.22. The fourth-order valence-electron chi connectivity index (χ4n) is 4.80. The Labute approximate surface area is 249 Å². The molecule has 3 aromatic rings. The molecule has 0 spiro atoms. The quantitative estimate of drug-likeness (QED) is 0.103. The maximum atomic E-state index is 6.26. The minimum Gasteiger partial charge on any atom is -0.492 e. The number of nitrogens with one attached hydrogen (secondary N) is 1. The highest BCUT2D eigenvalue weighted by molar-refractivity contribution is 6.61. The third-order valence-corrected chi connectivity index (χ3v) is 7.12. The van der Waals surface area contributed by atoms with Crippen LogP contribution in [0.4, 0.5) is 0 Å². The first kappa shape index (κ1) is 32.6. The summed E-state index contributed by atoms with van der Waals surface area (Å²) in [5.41, 5.74) is 7.17. The van der Waals surface area contributed by atoms with E-state index in [2.05, 4.69) is 117 Å². The molecule has 0 aliphatic heterocycles. The van der Waals surface area contributed by atoms with E-state index in [1.54, 1.807) is 0 Å². The molecule has 0 aliphatic carbocycles. The van der Waals surface area contributed by atoms with Crippen LogP contribution in [0.3, 0.4) is 0 Å². The van der Waals surface area contributed by atoms with Crippen molar-refractivity contribution in [2.24, 2.45) is 0 Å². The second-order valence-corrected chi connectivity index (χ2v) is 10.4. The predicted molar refractivity (Wildman–Crippen MR) is 175 cm³/mol. The van der Waals surface area contributed by atoms with E-state index < -0.39 is 0 Å². The van der Waals surface area contributed by atoms with Gasteiger partial charge in [0.05, 0.1) is 0 Å². The predicted octanol–water partition coefficient (Wildman–Crippen LogP) is 6.52. The van der Waals surface area contributed by atoms with Crippen LogP contribution in [0.25, 0.3) is 11.1 Å². The zero-order valence-electron chi connectivity index (χ0n) is 25.8. The van der Waals surface area contributed by atoms with Crippen LogP contribution in [0.15, 0.2) is 78.9 Å². The second-order valence-electron chi connectivity index (χ2n) is 10.4. The van der Waals surface area contributed by atoms with Gasteiger partial charge >= 0.3 is 7.12 Å². The summed E-state index contributed by atoms with van der Waals surface area (Å²) in [5.74, 6) is 0.879. The van der Waals surface area contributed by atoms with Crippen LogP contribution in [-0.2, 0) is 9.31 Å². The van der Waals surface area contributed by atoms with E-state index in [4.69, 9.17) is 14.0 Å². The summed E-state index contributed by atoms with van der Waals surface area (Å²) < 4.78 is 18.3. The lowest BCUT2D eigenvalue weighted by Gasteiger charge is -2.20. The molecule has 5 nitrogen and oxygen atoms in total. The number of likely N-dealkylation sites (N-methyl/N-ethyl adjacent to an activating group) is 2. The van der Waals surface area contributed by atoms with E-state index in [1.165, 1.54) is 40.7 Å². The van der Waals surface area contributed by atoms with Crippen molar-refractivity contribution in [3.8, 4) is 5.75 Å². The molecule has 0 aromatic heterocycles. The molecule has 0 heterocycles. The van der Waals surface area contributed by atoms with E-state index >= 15 is 0 Å². The highest BCUT2D eigenvalue weighted by atomic mass is 16.6. The van der Waals surface area contributed by atoms with Gasteiger partial charge in [-0.2, -0.15) is 0 Å². The van der Waals surface area contributed by atoms with Crippen molar-refractivity contribution >= 4 is 23.7 Å². The van der Waals surface area contributed by atoms with Gasteiger partial charge in [0.1, 0.15) is 12.4 Å². The zero-order chi connectivity index (χ0) is 29.3. The Kier molecular flexibility index (Phi) is 14.7.